The van der Waals surface area contributed by atoms with Gasteiger partial charge in [-0.25, -0.2) is 22.9 Å². The lowest BCUT2D eigenvalue weighted by Gasteiger charge is -2.23. The minimum Gasteiger partial charge on any atom is -0.444 e. The molecule has 0 aliphatic carbocycles. The molecule has 0 bridgehead atoms. The van der Waals surface area contributed by atoms with Crippen LogP contribution in [0.3, 0.4) is 0 Å². The lowest BCUT2D eigenvalue weighted by Crippen LogP contribution is -2.44. The molecule has 1 aromatic carbocycles. The van der Waals surface area contributed by atoms with Crippen LogP contribution >= 0.6 is 0 Å². The zero-order valence-corrected chi connectivity index (χ0v) is 19.2. The van der Waals surface area contributed by atoms with E-state index in [1.807, 2.05) is 27.7 Å². The summed E-state index contributed by atoms with van der Waals surface area (Å²) in [6.07, 6.45) is 0.396. The quantitative estimate of drug-likeness (QED) is 0.459. The van der Waals surface area contributed by atoms with Crippen molar-refractivity contribution in [1.82, 2.24) is 20.3 Å². The van der Waals surface area contributed by atoms with Gasteiger partial charge in [-0.1, -0.05) is 12.1 Å². The monoisotopic (exact) mass is 439 g/mol. The van der Waals surface area contributed by atoms with Crippen LogP contribution in [0.4, 0.5) is 4.79 Å². The van der Waals surface area contributed by atoms with Crippen molar-refractivity contribution in [1.29, 1.82) is 0 Å². The molecule has 1 unspecified atom stereocenters. The zero-order valence-electron chi connectivity index (χ0n) is 18.4. The van der Waals surface area contributed by atoms with E-state index in [4.69, 9.17) is 4.74 Å². The summed E-state index contributed by atoms with van der Waals surface area (Å²) in [6, 6.07) is 6.65. The highest BCUT2D eigenvalue weighted by Gasteiger charge is 2.27. The number of amides is 1. The summed E-state index contributed by atoms with van der Waals surface area (Å²) >= 11 is 0. The lowest BCUT2D eigenvalue weighted by atomic mass is 10.2. The van der Waals surface area contributed by atoms with Gasteiger partial charge in [-0.05, 0) is 58.9 Å². The van der Waals surface area contributed by atoms with Crippen LogP contribution in [-0.4, -0.2) is 63.7 Å². The summed E-state index contributed by atoms with van der Waals surface area (Å²) in [6.45, 7) is 10.1. The van der Waals surface area contributed by atoms with E-state index >= 15 is 0 Å². The summed E-state index contributed by atoms with van der Waals surface area (Å²) in [4.78, 5) is 19.0. The summed E-state index contributed by atoms with van der Waals surface area (Å²) in [5, 5.41) is 6.19. The number of nitrogens with zero attached hydrogens (tertiary/aromatic N) is 2. The Kier molecular flexibility index (Phi) is 8.08. The first-order valence-corrected chi connectivity index (χ1v) is 11.6. The fourth-order valence-electron chi connectivity index (χ4n) is 3.03. The molecule has 1 amide bonds. The van der Waals surface area contributed by atoms with E-state index in [2.05, 4.69) is 25.2 Å². The van der Waals surface area contributed by atoms with Gasteiger partial charge in [-0.3, -0.25) is 0 Å². The van der Waals surface area contributed by atoms with Crippen LogP contribution in [0.5, 0.6) is 0 Å². The van der Waals surface area contributed by atoms with E-state index < -0.39 is 21.7 Å². The van der Waals surface area contributed by atoms with Crippen LogP contribution in [0.2, 0.25) is 0 Å². The Labute approximate surface area is 179 Å². The fraction of sp³-hybridized carbons (Fsp3) is 0.600. The number of carbonyl (C=O) groups excluding carboxylic acids is 1. The predicted octanol–water partition coefficient (Wildman–Crippen LogP) is 1.66. The number of benzene rings is 1. The topological polar surface area (TPSA) is 112 Å². The molecule has 10 heteroatoms. The Bertz CT molecular complexity index is 847. The molecule has 1 heterocycles. The number of carbonyl (C=O) groups is 1. The minimum atomic E-state index is -3.45. The summed E-state index contributed by atoms with van der Waals surface area (Å²) in [5.41, 5.74) is 0.379. The van der Waals surface area contributed by atoms with Crippen molar-refractivity contribution in [3.8, 4) is 0 Å². The maximum Gasteiger partial charge on any atom is 0.407 e. The average Bonchev–Trinajstić information content (AvgIpc) is 3.12. The van der Waals surface area contributed by atoms with Crippen LogP contribution < -0.4 is 15.4 Å². The molecule has 1 fully saturated rings. The van der Waals surface area contributed by atoms with E-state index in [-0.39, 0.29) is 10.9 Å². The maximum atomic E-state index is 12.0. The largest absolute Gasteiger partial charge is 0.444 e. The molecule has 1 aliphatic rings. The van der Waals surface area contributed by atoms with Crippen molar-refractivity contribution in [3.63, 3.8) is 0 Å². The smallest absolute Gasteiger partial charge is 0.407 e. The van der Waals surface area contributed by atoms with Gasteiger partial charge in [0.05, 0.1) is 17.5 Å². The van der Waals surface area contributed by atoms with Gasteiger partial charge in [0.15, 0.2) is 5.96 Å². The number of aliphatic imine (C=N–C) groups is 1. The Hall–Kier alpha value is -2.33. The SMILES string of the molecule is CCNC(=NCc1ccc(S(=O)(=O)NC)cc1)N1CCC(NC(=O)OC(C)(C)C)C1. The Balaban J connectivity index is 1.98. The van der Waals surface area contributed by atoms with Gasteiger partial charge in [0, 0.05) is 19.6 Å². The van der Waals surface area contributed by atoms with Crippen molar-refractivity contribution < 1.29 is 17.9 Å². The molecular formula is C20H33N5O4S. The van der Waals surface area contributed by atoms with Gasteiger partial charge >= 0.3 is 6.09 Å². The first-order chi connectivity index (χ1) is 14.0. The van der Waals surface area contributed by atoms with Crippen molar-refractivity contribution in [2.75, 3.05) is 26.7 Å². The number of likely N-dealkylation sites (tertiary alicyclic amines) is 1. The molecule has 3 N–H and O–H groups in total. The zero-order chi connectivity index (χ0) is 22.4. The highest BCUT2D eigenvalue weighted by molar-refractivity contribution is 7.89. The molecule has 0 aromatic heterocycles. The molecule has 9 nitrogen and oxygen atoms in total. The van der Waals surface area contributed by atoms with Gasteiger partial charge in [0.1, 0.15) is 5.60 Å². The van der Waals surface area contributed by atoms with Crippen molar-refractivity contribution in [2.45, 2.75) is 57.2 Å². The number of rotatable bonds is 6. The van der Waals surface area contributed by atoms with Gasteiger partial charge in [0.2, 0.25) is 10.0 Å². The summed E-state index contributed by atoms with van der Waals surface area (Å²) < 4.78 is 31.3. The van der Waals surface area contributed by atoms with E-state index in [0.717, 1.165) is 31.0 Å². The van der Waals surface area contributed by atoms with E-state index in [1.54, 1.807) is 24.3 Å². The van der Waals surface area contributed by atoms with Crippen molar-refractivity contribution in [3.05, 3.63) is 29.8 Å². The Morgan fingerprint density at radius 2 is 1.93 bits per heavy atom. The number of sulfonamides is 1. The fourth-order valence-corrected chi connectivity index (χ4v) is 3.76. The van der Waals surface area contributed by atoms with Gasteiger partial charge in [0.25, 0.3) is 0 Å². The van der Waals surface area contributed by atoms with Gasteiger partial charge < -0.3 is 20.3 Å². The minimum absolute atomic E-state index is 0.00487. The Morgan fingerprint density at radius 1 is 1.27 bits per heavy atom. The second kappa shape index (κ2) is 10.1. The number of hydrogen-bond acceptors (Lipinski definition) is 5. The van der Waals surface area contributed by atoms with Gasteiger partial charge in [-0.15, -0.1) is 0 Å². The summed E-state index contributed by atoms with van der Waals surface area (Å²) in [7, 11) is -2.06. The van der Waals surface area contributed by atoms with Crippen LogP contribution in [0, 0.1) is 0 Å². The number of hydrogen-bond donors (Lipinski definition) is 3. The lowest BCUT2D eigenvalue weighted by molar-refractivity contribution is 0.0507. The second-order valence-corrected chi connectivity index (χ2v) is 9.99. The molecule has 1 aliphatic heterocycles. The van der Waals surface area contributed by atoms with Crippen LogP contribution in [-0.2, 0) is 21.3 Å². The second-order valence-electron chi connectivity index (χ2n) is 8.10. The van der Waals surface area contributed by atoms with E-state index in [0.29, 0.717) is 13.1 Å². The molecule has 168 valence electrons. The highest BCUT2D eigenvalue weighted by atomic mass is 32.2. The molecule has 0 spiro atoms. The average molecular weight is 440 g/mol. The van der Waals surface area contributed by atoms with Crippen LogP contribution in [0.15, 0.2) is 34.2 Å². The molecule has 0 radical (unpaired) electrons. The highest BCUT2D eigenvalue weighted by Crippen LogP contribution is 2.14. The normalized spacial score (nSPS) is 17.7. The summed E-state index contributed by atoms with van der Waals surface area (Å²) in [5.74, 6) is 0.762. The number of guanidine groups is 1. The van der Waals surface area contributed by atoms with Crippen LogP contribution in [0.1, 0.15) is 39.7 Å². The molecular weight excluding hydrogens is 406 g/mol. The number of alkyl carbamates (subject to hydrolysis) is 1. The third-order valence-corrected chi connectivity index (χ3v) is 5.89. The molecule has 1 atom stereocenters. The van der Waals surface area contributed by atoms with Crippen molar-refractivity contribution in [2.24, 2.45) is 4.99 Å². The number of ether oxygens (including phenoxy) is 1. The van der Waals surface area contributed by atoms with E-state index in [1.165, 1.54) is 7.05 Å². The third-order valence-electron chi connectivity index (χ3n) is 4.46. The molecule has 2 rings (SSSR count). The predicted molar refractivity (Wildman–Crippen MR) is 117 cm³/mol. The molecule has 30 heavy (non-hydrogen) atoms. The third kappa shape index (κ3) is 7.17. The van der Waals surface area contributed by atoms with Crippen LogP contribution in [0.25, 0.3) is 0 Å². The van der Waals surface area contributed by atoms with E-state index in [9.17, 15) is 13.2 Å². The first kappa shape index (κ1) is 23.9. The van der Waals surface area contributed by atoms with Gasteiger partial charge in [-0.2, -0.15) is 0 Å². The maximum absolute atomic E-state index is 12.0. The standard InChI is InChI=1S/C20H33N5O4S/c1-6-22-18(23-13-15-7-9-17(10-8-15)30(27,28)21-5)25-12-11-16(14-25)24-19(26)29-20(2,3)4/h7-10,16,21H,6,11-14H2,1-5H3,(H,22,23)(H,24,26). The Morgan fingerprint density at radius 3 is 2.50 bits per heavy atom. The molecule has 0 saturated carbocycles. The molecule has 1 aromatic rings. The number of nitrogens with one attached hydrogen (secondary N) is 3. The van der Waals surface area contributed by atoms with Crippen molar-refractivity contribution >= 4 is 22.1 Å². The first-order valence-electron chi connectivity index (χ1n) is 10.1. The molecule has 1 saturated heterocycles.